The molecule has 1 aromatic heterocycles. The van der Waals surface area contributed by atoms with Crippen LogP contribution in [0.15, 0.2) is 10.5 Å². The molecule has 0 unspecified atom stereocenters. The lowest BCUT2D eigenvalue weighted by Crippen LogP contribution is -2.50. The van der Waals surface area contributed by atoms with Gasteiger partial charge in [0.2, 0.25) is 0 Å². The van der Waals surface area contributed by atoms with Crippen LogP contribution in [0, 0.1) is 24.2 Å². The number of carbonyl (C=O) groups excluding carboxylic acids is 2. The number of amides is 1. The highest BCUT2D eigenvalue weighted by atomic mass is 32.1. The van der Waals surface area contributed by atoms with Crippen LogP contribution < -0.4 is 0 Å². The Morgan fingerprint density at radius 1 is 1.27 bits per heavy atom. The van der Waals surface area contributed by atoms with Crippen LogP contribution in [-0.4, -0.2) is 55.5 Å². The van der Waals surface area contributed by atoms with Gasteiger partial charge >= 0.3 is 5.97 Å². The molecule has 10 nitrogen and oxygen atoms in total. The Labute approximate surface area is 251 Å². The van der Waals surface area contributed by atoms with Crippen molar-refractivity contribution in [1.29, 1.82) is 0 Å². The molecule has 230 valence electrons. The van der Waals surface area contributed by atoms with Crippen LogP contribution in [0.25, 0.3) is 10.4 Å². The maximum atomic E-state index is 14.0. The summed E-state index contributed by atoms with van der Waals surface area (Å²) in [5, 5.41) is 7.47. The molecular weight excluding hydrogens is 559 g/mol. The summed E-state index contributed by atoms with van der Waals surface area (Å²) in [5.74, 6) is 1.48. The predicted molar refractivity (Wildman–Crippen MR) is 166 cm³/mol. The molecule has 4 atom stereocenters. The molecule has 0 bridgehead atoms. The molecule has 0 fully saturated rings. The Bertz CT molecular complexity index is 1070. The number of esters is 1. The second-order valence-electron chi connectivity index (χ2n) is 12.0. The van der Waals surface area contributed by atoms with Gasteiger partial charge in [0.1, 0.15) is 11.0 Å². The number of carbonyl (C=O) groups is 2. The number of rotatable bonds is 17. The van der Waals surface area contributed by atoms with Crippen LogP contribution in [0.3, 0.4) is 0 Å². The van der Waals surface area contributed by atoms with Crippen molar-refractivity contribution in [2.75, 3.05) is 13.2 Å². The smallest absolute Gasteiger partial charge is 0.357 e. The molecule has 0 aromatic carbocycles. The SMILES string of the molecule is C#CCCCON(C(=O)[C@@H](N=[N+]=[N-])[C@@H](C)CC)[C@H](C[C@@H](O[Si](C)(C)C(C)(C)C)c1nc(C(=O)OCC)cs1)C(C)C. The van der Waals surface area contributed by atoms with E-state index in [0.29, 0.717) is 30.7 Å². The first kappa shape index (κ1) is 36.6. The average Bonchev–Trinajstić information content (AvgIpc) is 3.39. The quantitative estimate of drug-likeness (QED) is 0.0261. The van der Waals surface area contributed by atoms with Gasteiger partial charge in [0.05, 0.1) is 25.4 Å². The van der Waals surface area contributed by atoms with Crippen molar-refractivity contribution in [1.82, 2.24) is 10.0 Å². The van der Waals surface area contributed by atoms with Crippen molar-refractivity contribution < 1.29 is 23.6 Å². The van der Waals surface area contributed by atoms with Crippen LogP contribution >= 0.6 is 11.3 Å². The van der Waals surface area contributed by atoms with Crippen molar-refractivity contribution in [3.8, 4) is 12.3 Å². The van der Waals surface area contributed by atoms with Crippen molar-refractivity contribution in [2.24, 2.45) is 17.0 Å². The van der Waals surface area contributed by atoms with Crippen LogP contribution in [0.5, 0.6) is 0 Å². The highest BCUT2D eigenvalue weighted by Crippen LogP contribution is 2.42. The topological polar surface area (TPSA) is 127 Å². The number of thiazole rings is 1. The van der Waals surface area contributed by atoms with E-state index in [2.05, 4.69) is 54.8 Å². The van der Waals surface area contributed by atoms with Gasteiger partial charge in [0.25, 0.3) is 5.91 Å². The molecule has 1 amide bonds. The van der Waals surface area contributed by atoms with Gasteiger partial charge in [-0.25, -0.2) is 14.8 Å². The van der Waals surface area contributed by atoms with Crippen molar-refractivity contribution in [3.05, 3.63) is 26.5 Å². The molecule has 12 heteroatoms. The summed E-state index contributed by atoms with van der Waals surface area (Å²) < 4.78 is 12.1. The largest absolute Gasteiger partial charge is 0.461 e. The van der Waals surface area contributed by atoms with Gasteiger partial charge in [-0.05, 0) is 48.8 Å². The van der Waals surface area contributed by atoms with Crippen LogP contribution in [0.2, 0.25) is 18.1 Å². The van der Waals surface area contributed by atoms with Gasteiger partial charge in [0.15, 0.2) is 14.0 Å². The van der Waals surface area contributed by atoms with Gasteiger partial charge in [0, 0.05) is 23.1 Å². The zero-order valence-corrected chi connectivity index (χ0v) is 28.3. The van der Waals surface area contributed by atoms with Crippen LogP contribution in [-0.2, 0) is 18.8 Å². The minimum atomic E-state index is -2.32. The Balaban J connectivity index is 3.61. The predicted octanol–water partition coefficient (Wildman–Crippen LogP) is 7.70. The molecule has 0 saturated heterocycles. The van der Waals surface area contributed by atoms with E-state index in [1.54, 1.807) is 12.3 Å². The Morgan fingerprint density at radius 3 is 2.44 bits per heavy atom. The first-order valence-electron chi connectivity index (χ1n) is 14.4. The molecule has 41 heavy (non-hydrogen) atoms. The lowest BCUT2D eigenvalue weighted by molar-refractivity contribution is -0.211. The Morgan fingerprint density at radius 2 is 1.93 bits per heavy atom. The summed E-state index contributed by atoms with van der Waals surface area (Å²) in [6, 6.07) is -1.37. The number of aromatic nitrogens is 1. The third kappa shape index (κ3) is 10.7. The van der Waals surface area contributed by atoms with E-state index in [1.165, 1.54) is 16.4 Å². The number of hydroxylamine groups is 2. The van der Waals surface area contributed by atoms with Crippen LogP contribution in [0.1, 0.15) is 103 Å². The second kappa shape index (κ2) is 16.9. The van der Waals surface area contributed by atoms with Gasteiger partial charge < -0.3 is 9.16 Å². The van der Waals surface area contributed by atoms with E-state index < -0.39 is 38.4 Å². The van der Waals surface area contributed by atoms with Crippen molar-refractivity contribution in [3.63, 3.8) is 0 Å². The minimum absolute atomic E-state index is 0.0507. The standard InChI is InChI=1S/C29H49N5O5SSi/c1-12-15-16-17-38-34(27(35)25(32-33-30)21(6)13-2)23(20(4)5)18-24(39-41(10,11)29(7,8)9)26-31-22(19-40-26)28(36)37-14-3/h1,19-21,23-25H,13-18H2,2-11H3/t21-,23+,24+,25-/m0/s1. The van der Waals surface area contributed by atoms with Crippen molar-refractivity contribution in [2.45, 2.75) is 117 Å². The maximum Gasteiger partial charge on any atom is 0.357 e. The Hall–Kier alpha value is -2.42. The fourth-order valence-corrected chi connectivity index (χ4v) is 5.99. The number of nitrogens with zero attached hydrogens (tertiary/aromatic N) is 5. The molecule has 0 N–H and O–H groups in total. The number of unbranched alkanes of at least 4 members (excludes halogenated alkanes) is 1. The van der Waals surface area contributed by atoms with Crippen molar-refractivity contribution >= 4 is 31.5 Å². The monoisotopic (exact) mass is 607 g/mol. The van der Waals surface area contributed by atoms with E-state index in [9.17, 15) is 15.1 Å². The number of terminal acetylenes is 1. The molecule has 0 aliphatic heterocycles. The number of azide groups is 1. The Kier molecular flexibility index (Phi) is 15.1. The van der Waals surface area contributed by atoms with Gasteiger partial charge in [-0.2, -0.15) is 0 Å². The molecule has 0 aliphatic carbocycles. The summed E-state index contributed by atoms with van der Waals surface area (Å²) in [5.41, 5.74) is 9.49. The molecule has 1 rings (SSSR count). The zero-order valence-electron chi connectivity index (χ0n) is 26.5. The molecule has 1 heterocycles. The van der Waals surface area contributed by atoms with E-state index in [0.717, 1.165) is 0 Å². The summed E-state index contributed by atoms with van der Waals surface area (Å²) in [4.78, 5) is 40.1. The van der Waals surface area contributed by atoms with Gasteiger partial charge in [-0.1, -0.05) is 60.0 Å². The van der Waals surface area contributed by atoms with E-state index in [4.69, 9.17) is 20.4 Å². The number of hydrogen-bond acceptors (Lipinski definition) is 8. The molecule has 0 radical (unpaired) electrons. The first-order valence-corrected chi connectivity index (χ1v) is 18.2. The van der Waals surface area contributed by atoms with E-state index in [1.807, 2.05) is 27.7 Å². The summed E-state index contributed by atoms with van der Waals surface area (Å²) in [6.07, 6.45) is 7.01. The first-order chi connectivity index (χ1) is 19.1. The van der Waals surface area contributed by atoms with Gasteiger partial charge in [-0.15, -0.1) is 23.7 Å². The summed E-state index contributed by atoms with van der Waals surface area (Å²) in [6.45, 7) is 20.9. The summed E-state index contributed by atoms with van der Waals surface area (Å²) in [7, 11) is -2.32. The zero-order chi connectivity index (χ0) is 31.4. The van der Waals surface area contributed by atoms with Crippen LogP contribution in [0.4, 0.5) is 0 Å². The van der Waals surface area contributed by atoms with E-state index in [-0.39, 0.29) is 35.8 Å². The highest BCUT2D eigenvalue weighted by Gasteiger charge is 2.43. The lowest BCUT2D eigenvalue weighted by Gasteiger charge is -2.41. The number of ether oxygens (including phenoxy) is 1. The average molecular weight is 608 g/mol. The molecule has 0 aliphatic rings. The third-order valence-corrected chi connectivity index (χ3v) is 13.0. The molecule has 0 saturated carbocycles. The minimum Gasteiger partial charge on any atom is -0.461 e. The highest BCUT2D eigenvalue weighted by molar-refractivity contribution is 7.09. The van der Waals surface area contributed by atoms with Gasteiger partial charge in [-0.3, -0.25) is 9.63 Å². The molecular formula is C29H49N5O5SSi. The fraction of sp³-hybridized carbons (Fsp3) is 0.759. The lowest BCUT2D eigenvalue weighted by atomic mass is 9.94. The van der Waals surface area contributed by atoms with E-state index >= 15 is 0 Å². The fourth-order valence-electron chi connectivity index (χ4n) is 3.80. The molecule has 1 aromatic rings. The second-order valence-corrected chi connectivity index (χ2v) is 17.7. The molecule has 0 spiro atoms. The maximum absolute atomic E-state index is 14.0. The number of hydrogen-bond donors (Lipinski definition) is 0. The normalized spacial score (nSPS) is 14.9. The summed E-state index contributed by atoms with van der Waals surface area (Å²) >= 11 is 1.34. The third-order valence-electron chi connectivity index (χ3n) is 7.58.